The Kier molecular flexibility index (Phi) is 7.02. The largest absolute Gasteiger partial charge is 0.493 e. The standard InChI is InChI=1S/C30H29BrN4O5S/c1-3-40-28(38)24-15(2)20(13-32)26(41-24)33-14-21-25(36)34-29(39)35(27(21)37)23-5-4-19(9-22(23)31)30-10-16-6-17(11-30)8-18(7-16)12-30/h4-5,9,14,16-18,37H,3,6-8,10-12H2,1-2H3,(H,34,36,39). The van der Waals surface area contributed by atoms with Crippen LogP contribution < -0.4 is 11.2 Å². The lowest BCUT2D eigenvalue weighted by molar-refractivity contribution is -0.00521. The van der Waals surface area contributed by atoms with Gasteiger partial charge >= 0.3 is 11.7 Å². The number of halogens is 1. The SMILES string of the molecule is CCOC(=O)c1sc(N=Cc2c(O)n(-c3ccc(C45CC6CC(CC(C6)C4)C5)cc3Br)c(=O)[nH]c2=O)c(C#N)c1C. The number of esters is 1. The number of aromatic nitrogens is 2. The summed E-state index contributed by atoms with van der Waals surface area (Å²) in [6.45, 7) is 3.49. The molecule has 0 unspecified atom stereocenters. The lowest BCUT2D eigenvalue weighted by Gasteiger charge is -2.57. The molecule has 41 heavy (non-hydrogen) atoms. The highest BCUT2D eigenvalue weighted by Gasteiger charge is 2.51. The lowest BCUT2D eigenvalue weighted by Crippen LogP contribution is -2.48. The van der Waals surface area contributed by atoms with Crippen molar-refractivity contribution in [2.45, 2.75) is 57.8 Å². The molecule has 2 heterocycles. The summed E-state index contributed by atoms with van der Waals surface area (Å²) in [5, 5.41) is 21.0. The smallest absolute Gasteiger partial charge is 0.348 e. The molecule has 0 saturated heterocycles. The van der Waals surface area contributed by atoms with Crippen LogP contribution >= 0.6 is 27.3 Å². The van der Waals surface area contributed by atoms with Crippen molar-refractivity contribution < 1.29 is 14.6 Å². The summed E-state index contributed by atoms with van der Waals surface area (Å²) in [5.74, 6) is 1.21. The number of hydrogen-bond acceptors (Lipinski definition) is 8. The number of nitrogens with one attached hydrogen (secondary N) is 1. The molecule has 11 heteroatoms. The monoisotopic (exact) mass is 636 g/mol. The number of aromatic amines is 1. The van der Waals surface area contributed by atoms with Crippen LogP contribution in [-0.4, -0.2) is 33.4 Å². The predicted molar refractivity (Wildman–Crippen MR) is 159 cm³/mol. The first kappa shape index (κ1) is 27.7. The highest BCUT2D eigenvalue weighted by Crippen LogP contribution is 2.61. The Balaban J connectivity index is 1.37. The van der Waals surface area contributed by atoms with Gasteiger partial charge in [-0.25, -0.2) is 19.1 Å². The fourth-order valence-electron chi connectivity index (χ4n) is 7.60. The summed E-state index contributed by atoms with van der Waals surface area (Å²) in [5.41, 5.74) is 0.519. The maximum Gasteiger partial charge on any atom is 0.348 e. The number of H-pyrrole nitrogens is 1. The number of carbonyl (C=O) groups excluding carboxylic acids is 1. The minimum Gasteiger partial charge on any atom is -0.493 e. The number of thiophene rings is 1. The van der Waals surface area contributed by atoms with Gasteiger partial charge in [0.2, 0.25) is 5.88 Å². The van der Waals surface area contributed by atoms with Crippen LogP contribution in [-0.2, 0) is 10.2 Å². The van der Waals surface area contributed by atoms with Crippen molar-refractivity contribution in [1.29, 1.82) is 5.26 Å². The first-order valence-corrected chi connectivity index (χ1v) is 15.4. The van der Waals surface area contributed by atoms with Gasteiger partial charge in [-0.05, 0) is 115 Å². The number of hydrogen-bond donors (Lipinski definition) is 2. The summed E-state index contributed by atoms with van der Waals surface area (Å²) in [4.78, 5) is 44.7. The molecule has 0 atom stereocenters. The maximum atomic E-state index is 12.9. The van der Waals surface area contributed by atoms with Crippen LogP contribution in [0.1, 0.15) is 77.4 Å². The molecule has 4 saturated carbocycles. The third-order valence-corrected chi connectivity index (χ3v) is 10.8. The van der Waals surface area contributed by atoms with Crippen molar-refractivity contribution in [3.8, 4) is 17.6 Å². The van der Waals surface area contributed by atoms with Crippen molar-refractivity contribution in [2.24, 2.45) is 22.7 Å². The van der Waals surface area contributed by atoms with E-state index in [-0.39, 0.29) is 33.0 Å². The highest BCUT2D eigenvalue weighted by molar-refractivity contribution is 9.10. The fourth-order valence-corrected chi connectivity index (χ4v) is 9.15. The van der Waals surface area contributed by atoms with Gasteiger partial charge in [-0.1, -0.05) is 6.07 Å². The Hall–Kier alpha value is -3.49. The summed E-state index contributed by atoms with van der Waals surface area (Å²) in [7, 11) is 0. The van der Waals surface area contributed by atoms with Crippen LogP contribution in [0.5, 0.6) is 5.88 Å². The molecule has 0 spiro atoms. The van der Waals surface area contributed by atoms with Crippen LogP contribution in [0.3, 0.4) is 0 Å². The Morgan fingerprint density at radius 3 is 2.51 bits per heavy atom. The van der Waals surface area contributed by atoms with E-state index >= 15 is 0 Å². The Labute approximate surface area is 248 Å². The molecule has 3 aromatic rings. The number of carbonyl (C=O) groups is 1. The maximum absolute atomic E-state index is 12.9. The van der Waals surface area contributed by atoms with E-state index < -0.39 is 23.1 Å². The molecule has 212 valence electrons. The van der Waals surface area contributed by atoms with E-state index in [4.69, 9.17) is 4.74 Å². The van der Waals surface area contributed by atoms with Gasteiger partial charge in [0, 0.05) is 10.7 Å². The third kappa shape index (κ3) is 4.67. The number of benzene rings is 1. The van der Waals surface area contributed by atoms with E-state index in [0.29, 0.717) is 15.7 Å². The highest BCUT2D eigenvalue weighted by atomic mass is 79.9. The first-order valence-electron chi connectivity index (χ1n) is 13.8. The zero-order valence-corrected chi connectivity index (χ0v) is 25.1. The second-order valence-electron chi connectivity index (χ2n) is 11.5. The summed E-state index contributed by atoms with van der Waals surface area (Å²) >= 11 is 4.59. The molecule has 7 rings (SSSR count). The van der Waals surface area contributed by atoms with Gasteiger partial charge in [-0.3, -0.25) is 9.78 Å². The number of nitriles is 1. The molecule has 4 aliphatic carbocycles. The van der Waals surface area contributed by atoms with E-state index in [0.717, 1.165) is 39.9 Å². The zero-order chi connectivity index (χ0) is 29.1. The second kappa shape index (κ2) is 10.4. The molecule has 9 nitrogen and oxygen atoms in total. The quantitative estimate of drug-likeness (QED) is 0.266. The molecule has 1 aromatic carbocycles. The number of aliphatic imine (C=N–C) groups is 1. The van der Waals surface area contributed by atoms with Gasteiger partial charge in [0.1, 0.15) is 21.5 Å². The Bertz CT molecular complexity index is 1730. The van der Waals surface area contributed by atoms with Gasteiger partial charge in [-0.15, -0.1) is 11.3 Å². The molecule has 0 amide bonds. The van der Waals surface area contributed by atoms with E-state index in [1.165, 1.54) is 44.1 Å². The van der Waals surface area contributed by atoms with Crippen LogP contribution in [0.2, 0.25) is 0 Å². The van der Waals surface area contributed by atoms with Crippen LogP contribution in [0.15, 0.2) is 37.3 Å². The lowest BCUT2D eigenvalue weighted by atomic mass is 9.48. The summed E-state index contributed by atoms with van der Waals surface area (Å²) in [6, 6.07) is 7.94. The van der Waals surface area contributed by atoms with Crippen molar-refractivity contribution >= 4 is 44.5 Å². The first-order chi connectivity index (χ1) is 19.6. The van der Waals surface area contributed by atoms with Gasteiger partial charge < -0.3 is 9.84 Å². The molecule has 0 aliphatic heterocycles. The Morgan fingerprint density at radius 2 is 1.93 bits per heavy atom. The number of nitrogens with zero attached hydrogens (tertiary/aromatic N) is 3. The minimum atomic E-state index is -0.828. The normalized spacial score (nSPS) is 24.6. The van der Waals surface area contributed by atoms with Crippen molar-refractivity contribution in [3.63, 3.8) is 0 Å². The minimum absolute atomic E-state index is 0.158. The van der Waals surface area contributed by atoms with Gasteiger partial charge in [0.25, 0.3) is 5.56 Å². The summed E-state index contributed by atoms with van der Waals surface area (Å²) < 4.78 is 6.73. The Morgan fingerprint density at radius 1 is 1.27 bits per heavy atom. The van der Waals surface area contributed by atoms with E-state index in [1.807, 2.05) is 12.1 Å². The predicted octanol–water partition coefficient (Wildman–Crippen LogP) is 5.63. The topological polar surface area (TPSA) is 138 Å². The average molecular weight is 638 g/mol. The fraction of sp³-hybridized carbons (Fsp3) is 0.433. The van der Waals surface area contributed by atoms with Crippen LogP contribution in [0, 0.1) is 36.0 Å². The van der Waals surface area contributed by atoms with Gasteiger partial charge in [0.05, 0.1) is 17.9 Å². The van der Waals surface area contributed by atoms with Crippen LogP contribution in [0.4, 0.5) is 5.00 Å². The second-order valence-corrected chi connectivity index (χ2v) is 13.4. The average Bonchev–Trinajstić information content (AvgIpc) is 3.23. The van der Waals surface area contributed by atoms with E-state index in [2.05, 4.69) is 32.0 Å². The molecule has 2 aromatic heterocycles. The van der Waals surface area contributed by atoms with Gasteiger partial charge in [-0.2, -0.15) is 5.26 Å². The molecular weight excluding hydrogens is 608 g/mol. The third-order valence-electron chi connectivity index (χ3n) is 8.97. The van der Waals surface area contributed by atoms with E-state index in [1.54, 1.807) is 19.9 Å². The molecule has 4 fully saturated rings. The van der Waals surface area contributed by atoms with Gasteiger partial charge in [0.15, 0.2) is 0 Å². The molecule has 4 aliphatic rings. The number of ether oxygens (including phenoxy) is 1. The molecule has 4 bridgehead atoms. The molecule has 0 radical (unpaired) electrons. The number of rotatable bonds is 6. The summed E-state index contributed by atoms with van der Waals surface area (Å²) in [6.07, 6.45) is 8.71. The zero-order valence-electron chi connectivity index (χ0n) is 22.7. The van der Waals surface area contributed by atoms with Crippen molar-refractivity contribution in [2.75, 3.05) is 6.61 Å². The van der Waals surface area contributed by atoms with Crippen LogP contribution in [0.25, 0.3) is 5.69 Å². The number of aromatic hydroxyl groups is 1. The molecular formula is C30H29BrN4O5S. The van der Waals surface area contributed by atoms with Crippen molar-refractivity contribution in [3.05, 3.63) is 70.6 Å². The van der Waals surface area contributed by atoms with Crippen molar-refractivity contribution in [1.82, 2.24) is 9.55 Å². The van der Waals surface area contributed by atoms with E-state index in [9.17, 15) is 24.8 Å². The molecule has 2 N–H and O–H groups in total.